The largest absolute Gasteiger partial charge is 0.454 e. The molecule has 0 radical (unpaired) electrons. The van der Waals surface area contributed by atoms with E-state index in [1.165, 1.54) is 12.3 Å². The van der Waals surface area contributed by atoms with Gasteiger partial charge in [0, 0.05) is 10.6 Å². The molecular weight excluding hydrogens is 408 g/mol. The second-order valence-electron chi connectivity index (χ2n) is 6.24. The summed E-state index contributed by atoms with van der Waals surface area (Å²) in [5.74, 6) is 0.619. The molecular formula is C22H15ClN2O5. The zero-order valence-electron chi connectivity index (χ0n) is 15.5. The summed E-state index contributed by atoms with van der Waals surface area (Å²) in [7, 11) is 0. The SMILES string of the molecule is O=C(NN=Cc1ccc(OC(=O)c2cccc(Cl)c2)cc1)c1ccc2c(c1)OCO2. The van der Waals surface area contributed by atoms with Crippen LogP contribution >= 0.6 is 11.6 Å². The average molecular weight is 423 g/mol. The quantitative estimate of drug-likeness (QED) is 0.290. The number of rotatable bonds is 5. The van der Waals surface area contributed by atoms with E-state index in [1.54, 1.807) is 60.7 Å². The van der Waals surface area contributed by atoms with Crippen molar-refractivity contribution >= 4 is 29.7 Å². The fraction of sp³-hybridized carbons (Fsp3) is 0.0455. The number of fused-ring (bicyclic) bond motifs is 1. The van der Waals surface area contributed by atoms with Crippen molar-refractivity contribution in [3.8, 4) is 17.2 Å². The Morgan fingerprint density at radius 1 is 0.967 bits per heavy atom. The fourth-order valence-corrected chi connectivity index (χ4v) is 2.86. The molecule has 150 valence electrons. The van der Waals surface area contributed by atoms with Crippen LogP contribution in [0.25, 0.3) is 0 Å². The molecule has 3 aromatic carbocycles. The zero-order chi connectivity index (χ0) is 20.9. The first-order valence-corrected chi connectivity index (χ1v) is 9.27. The summed E-state index contributed by atoms with van der Waals surface area (Å²) in [6, 6.07) is 18.1. The number of benzene rings is 3. The summed E-state index contributed by atoms with van der Waals surface area (Å²) < 4.78 is 15.8. The second kappa shape index (κ2) is 8.67. The number of carbonyl (C=O) groups excluding carboxylic acids is 2. The van der Waals surface area contributed by atoms with Crippen LogP contribution in [0.2, 0.25) is 5.02 Å². The third kappa shape index (κ3) is 4.59. The standard InChI is InChI=1S/C22H15ClN2O5/c23-17-3-1-2-16(10-17)22(27)30-18-7-4-14(5-8-18)12-24-25-21(26)15-6-9-19-20(11-15)29-13-28-19/h1-12H,13H2,(H,25,26). The first kappa shape index (κ1) is 19.5. The van der Waals surface area contributed by atoms with Crippen molar-refractivity contribution in [2.45, 2.75) is 0 Å². The lowest BCUT2D eigenvalue weighted by molar-refractivity contribution is 0.0734. The highest BCUT2D eigenvalue weighted by Gasteiger charge is 2.15. The normalized spacial score (nSPS) is 12.0. The zero-order valence-corrected chi connectivity index (χ0v) is 16.3. The molecule has 0 atom stereocenters. The van der Waals surface area contributed by atoms with Crippen molar-refractivity contribution < 1.29 is 23.8 Å². The lowest BCUT2D eigenvalue weighted by atomic mass is 10.2. The first-order valence-electron chi connectivity index (χ1n) is 8.89. The van der Waals surface area contributed by atoms with E-state index in [1.807, 2.05) is 0 Å². The van der Waals surface area contributed by atoms with Gasteiger partial charge in [-0.2, -0.15) is 5.10 Å². The molecule has 0 saturated carbocycles. The van der Waals surface area contributed by atoms with E-state index in [9.17, 15) is 9.59 Å². The van der Waals surface area contributed by atoms with Crippen molar-refractivity contribution in [1.29, 1.82) is 0 Å². The van der Waals surface area contributed by atoms with E-state index in [0.29, 0.717) is 39.0 Å². The van der Waals surface area contributed by atoms with Crippen molar-refractivity contribution in [1.82, 2.24) is 5.43 Å². The Kier molecular flexibility index (Phi) is 5.63. The number of esters is 1. The van der Waals surface area contributed by atoms with E-state index in [4.69, 9.17) is 25.8 Å². The van der Waals surface area contributed by atoms with Crippen molar-refractivity contribution in [2.75, 3.05) is 6.79 Å². The second-order valence-corrected chi connectivity index (χ2v) is 6.67. The maximum Gasteiger partial charge on any atom is 0.343 e. The van der Waals surface area contributed by atoms with E-state index in [-0.39, 0.29) is 12.7 Å². The minimum Gasteiger partial charge on any atom is -0.454 e. The van der Waals surface area contributed by atoms with Crippen LogP contribution in [0.3, 0.4) is 0 Å². The Morgan fingerprint density at radius 2 is 1.77 bits per heavy atom. The van der Waals surface area contributed by atoms with E-state index in [0.717, 1.165) is 0 Å². The predicted molar refractivity (Wildman–Crippen MR) is 110 cm³/mol. The lowest BCUT2D eigenvalue weighted by Crippen LogP contribution is -2.17. The summed E-state index contributed by atoms with van der Waals surface area (Å²) in [5, 5.41) is 4.40. The maximum atomic E-state index is 12.2. The van der Waals surface area contributed by atoms with Gasteiger partial charge in [-0.05, 0) is 66.2 Å². The van der Waals surface area contributed by atoms with E-state index in [2.05, 4.69) is 10.5 Å². The third-order valence-electron chi connectivity index (χ3n) is 4.17. The number of nitrogens with zero attached hydrogens (tertiary/aromatic N) is 1. The lowest BCUT2D eigenvalue weighted by Gasteiger charge is -2.05. The Hall–Kier alpha value is -3.84. The van der Waals surface area contributed by atoms with Crippen LogP contribution in [-0.2, 0) is 0 Å². The smallest absolute Gasteiger partial charge is 0.343 e. The Bertz CT molecular complexity index is 1130. The minimum absolute atomic E-state index is 0.142. The van der Waals surface area contributed by atoms with Gasteiger partial charge in [0.15, 0.2) is 11.5 Å². The molecule has 4 rings (SSSR count). The number of hydrazone groups is 1. The van der Waals surface area contributed by atoms with Crippen molar-refractivity contribution in [3.63, 3.8) is 0 Å². The monoisotopic (exact) mass is 422 g/mol. The molecule has 0 aromatic heterocycles. The van der Waals surface area contributed by atoms with Gasteiger partial charge in [-0.15, -0.1) is 0 Å². The Balaban J connectivity index is 1.33. The maximum absolute atomic E-state index is 12.2. The topological polar surface area (TPSA) is 86.2 Å². The van der Waals surface area contributed by atoms with Gasteiger partial charge in [0.1, 0.15) is 5.75 Å². The van der Waals surface area contributed by atoms with E-state index < -0.39 is 5.97 Å². The molecule has 0 saturated heterocycles. The molecule has 0 fully saturated rings. The van der Waals surface area contributed by atoms with Crippen molar-refractivity contribution in [3.05, 3.63) is 88.4 Å². The predicted octanol–water partition coefficient (Wildman–Crippen LogP) is 4.05. The average Bonchev–Trinajstić information content (AvgIpc) is 3.23. The van der Waals surface area contributed by atoms with Crippen molar-refractivity contribution in [2.24, 2.45) is 5.10 Å². The van der Waals surface area contributed by atoms with Crippen LogP contribution in [0.15, 0.2) is 71.8 Å². The summed E-state index contributed by atoms with van der Waals surface area (Å²) in [6.07, 6.45) is 1.48. The van der Waals surface area contributed by atoms with Gasteiger partial charge in [0.2, 0.25) is 6.79 Å². The summed E-state index contributed by atoms with van der Waals surface area (Å²) in [6.45, 7) is 0.142. The highest BCUT2D eigenvalue weighted by atomic mass is 35.5. The fourth-order valence-electron chi connectivity index (χ4n) is 2.67. The molecule has 3 aromatic rings. The molecule has 8 heteroatoms. The molecule has 30 heavy (non-hydrogen) atoms. The number of hydrogen-bond acceptors (Lipinski definition) is 6. The highest BCUT2D eigenvalue weighted by molar-refractivity contribution is 6.30. The molecule has 0 bridgehead atoms. The summed E-state index contributed by atoms with van der Waals surface area (Å²) in [5.41, 5.74) is 3.92. The highest BCUT2D eigenvalue weighted by Crippen LogP contribution is 2.32. The molecule has 1 amide bonds. The van der Waals surface area contributed by atoms with E-state index >= 15 is 0 Å². The molecule has 1 aliphatic heterocycles. The van der Waals surface area contributed by atoms with Crippen LogP contribution in [-0.4, -0.2) is 24.9 Å². The van der Waals surface area contributed by atoms with Gasteiger partial charge >= 0.3 is 5.97 Å². The Labute approximate surface area is 176 Å². The number of hydrogen-bond donors (Lipinski definition) is 1. The van der Waals surface area contributed by atoms with Crippen LogP contribution < -0.4 is 19.6 Å². The molecule has 7 nitrogen and oxygen atoms in total. The number of nitrogens with one attached hydrogen (secondary N) is 1. The van der Waals surface area contributed by atoms with Gasteiger partial charge < -0.3 is 14.2 Å². The first-order chi connectivity index (χ1) is 14.6. The molecule has 0 unspecified atom stereocenters. The summed E-state index contributed by atoms with van der Waals surface area (Å²) >= 11 is 5.88. The van der Waals surface area contributed by atoms with Gasteiger partial charge in [-0.3, -0.25) is 4.79 Å². The number of ether oxygens (including phenoxy) is 3. The van der Waals surface area contributed by atoms with Crippen LogP contribution in [0, 0.1) is 0 Å². The van der Waals surface area contributed by atoms with Gasteiger partial charge in [0.05, 0.1) is 11.8 Å². The van der Waals surface area contributed by atoms with Gasteiger partial charge in [0.25, 0.3) is 5.91 Å². The summed E-state index contributed by atoms with van der Waals surface area (Å²) in [4.78, 5) is 24.3. The van der Waals surface area contributed by atoms with Crippen LogP contribution in [0.1, 0.15) is 26.3 Å². The van der Waals surface area contributed by atoms with Crippen LogP contribution in [0.4, 0.5) is 0 Å². The minimum atomic E-state index is -0.505. The van der Waals surface area contributed by atoms with Gasteiger partial charge in [-0.1, -0.05) is 17.7 Å². The van der Waals surface area contributed by atoms with Crippen LogP contribution in [0.5, 0.6) is 17.2 Å². The third-order valence-corrected chi connectivity index (χ3v) is 4.40. The molecule has 0 aliphatic carbocycles. The molecule has 1 aliphatic rings. The van der Waals surface area contributed by atoms with Gasteiger partial charge in [-0.25, -0.2) is 10.2 Å². The molecule has 1 N–H and O–H groups in total. The number of halogens is 1. The number of carbonyl (C=O) groups is 2. The molecule has 0 spiro atoms. The Morgan fingerprint density at radius 3 is 2.57 bits per heavy atom. The molecule has 1 heterocycles. The number of amides is 1.